The summed E-state index contributed by atoms with van der Waals surface area (Å²) in [6.07, 6.45) is 3.37. The smallest absolute Gasteiger partial charge is 0.150 e. The van der Waals surface area contributed by atoms with Crippen molar-refractivity contribution >= 4 is 9.84 Å². The van der Waals surface area contributed by atoms with Gasteiger partial charge in [-0.2, -0.15) is 0 Å². The largest absolute Gasteiger partial charge is 0.381 e. The van der Waals surface area contributed by atoms with Crippen molar-refractivity contribution in [1.82, 2.24) is 5.32 Å². The average Bonchev–Trinajstić information content (AvgIpc) is 2.35. The summed E-state index contributed by atoms with van der Waals surface area (Å²) in [6, 6.07) is 0. The van der Waals surface area contributed by atoms with Gasteiger partial charge < -0.3 is 10.1 Å². The Morgan fingerprint density at radius 2 is 1.75 bits per heavy atom. The Labute approximate surface area is 124 Å². The van der Waals surface area contributed by atoms with Gasteiger partial charge in [-0.1, -0.05) is 6.92 Å². The molecule has 4 nitrogen and oxygen atoms in total. The first-order chi connectivity index (χ1) is 9.18. The molecule has 1 N–H and O–H groups in total. The Hall–Kier alpha value is -0.130. The van der Waals surface area contributed by atoms with Crippen LogP contribution in [0.4, 0.5) is 0 Å². The Morgan fingerprint density at radius 3 is 2.25 bits per heavy atom. The molecule has 20 heavy (non-hydrogen) atoms. The fraction of sp³-hybridized carbons (Fsp3) is 1.00. The Morgan fingerprint density at radius 1 is 1.15 bits per heavy atom. The van der Waals surface area contributed by atoms with E-state index in [0.717, 1.165) is 39.0 Å². The molecule has 0 radical (unpaired) electrons. The van der Waals surface area contributed by atoms with Crippen molar-refractivity contribution in [3.63, 3.8) is 0 Å². The van der Waals surface area contributed by atoms with Crippen molar-refractivity contribution in [2.45, 2.75) is 58.9 Å². The summed E-state index contributed by atoms with van der Waals surface area (Å²) in [7, 11) is -2.89. The number of ether oxygens (including phenoxy) is 1. The van der Waals surface area contributed by atoms with Crippen molar-refractivity contribution in [2.24, 2.45) is 5.41 Å². The lowest BCUT2D eigenvalue weighted by atomic mass is 9.77. The van der Waals surface area contributed by atoms with Crippen LogP contribution in [0.2, 0.25) is 0 Å². The van der Waals surface area contributed by atoms with Crippen LogP contribution in [-0.2, 0) is 14.6 Å². The molecule has 0 unspecified atom stereocenters. The molecule has 1 saturated heterocycles. The third kappa shape index (κ3) is 6.55. The van der Waals surface area contributed by atoms with Crippen LogP contribution in [0.3, 0.4) is 0 Å². The van der Waals surface area contributed by atoms with Crippen LogP contribution in [-0.4, -0.2) is 45.2 Å². The molecule has 1 aliphatic rings. The number of hydrogen-bond donors (Lipinski definition) is 1. The maximum atomic E-state index is 12.0. The van der Waals surface area contributed by atoms with Gasteiger partial charge in [0.1, 0.15) is 9.84 Å². The Kier molecular flexibility index (Phi) is 6.48. The summed E-state index contributed by atoms with van der Waals surface area (Å²) in [5.41, 5.74) is 0.139. The summed E-state index contributed by atoms with van der Waals surface area (Å²) in [5.74, 6) is 0.624. The van der Waals surface area contributed by atoms with E-state index in [1.807, 2.05) is 6.92 Å². The topological polar surface area (TPSA) is 55.4 Å². The molecule has 0 aromatic heterocycles. The van der Waals surface area contributed by atoms with Gasteiger partial charge in [0.25, 0.3) is 0 Å². The standard InChI is InChI=1S/C15H31NO3S/c1-5-11-20(17,18)12-8-15(6-9-19-10-7-15)13-16-14(2,3)4/h16H,5-13H2,1-4H3. The highest BCUT2D eigenvalue weighted by Gasteiger charge is 2.34. The molecule has 1 fully saturated rings. The minimum absolute atomic E-state index is 0.0631. The quantitative estimate of drug-likeness (QED) is 0.784. The van der Waals surface area contributed by atoms with Crippen molar-refractivity contribution in [3.05, 3.63) is 0 Å². The van der Waals surface area contributed by atoms with E-state index in [0.29, 0.717) is 17.9 Å². The molecule has 1 heterocycles. The summed E-state index contributed by atoms with van der Waals surface area (Å²) in [5, 5.41) is 3.55. The zero-order valence-electron chi connectivity index (χ0n) is 13.5. The van der Waals surface area contributed by atoms with Crippen molar-refractivity contribution in [2.75, 3.05) is 31.3 Å². The molecule has 120 valence electrons. The molecule has 1 aliphatic heterocycles. The van der Waals surface area contributed by atoms with E-state index in [2.05, 4.69) is 26.1 Å². The first-order valence-electron chi connectivity index (χ1n) is 7.71. The van der Waals surface area contributed by atoms with Crippen LogP contribution in [0.1, 0.15) is 53.4 Å². The molecule has 0 aromatic rings. The first kappa shape index (κ1) is 17.9. The van der Waals surface area contributed by atoms with Gasteiger partial charge in [-0.05, 0) is 51.9 Å². The van der Waals surface area contributed by atoms with Gasteiger partial charge >= 0.3 is 0 Å². The monoisotopic (exact) mass is 305 g/mol. The molecular formula is C15H31NO3S. The Balaban J connectivity index is 2.64. The molecule has 1 rings (SSSR count). The third-order valence-electron chi connectivity index (χ3n) is 4.01. The van der Waals surface area contributed by atoms with Gasteiger partial charge in [0.2, 0.25) is 0 Å². The number of sulfone groups is 1. The van der Waals surface area contributed by atoms with E-state index in [9.17, 15) is 8.42 Å². The van der Waals surface area contributed by atoms with E-state index in [1.54, 1.807) is 0 Å². The second-order valence-corrected chi connectivity index (χ2v) is 9.42. The van der Waals surface area contributed by atoms with E-state index < -0.39 is 9.84 Å². The number of hydrogen-bond acceptors (Lipinski definition) is 4. The van der Waals surface area contributed by atoms with Crippen molar-refractivity contribution in [1.29, 1.82) is 0 Å². The zero-order chi connectivity index (χ0) is 15.3. The highest BCUT2D eigenvalue weighted by atomic mass is 32.2. The minimum atomic E-state index is -2.89. The highest BCUT2D eigenvalue weighted by molar-refractivity contribution is 7.91. The fourth-order valence-corrected chi connectivity index (χ4v) is 4.13. The summed E-state index contributed by atoms with van der Waals surface area (Å²) >= 11 is 0. The summed E-state index contributed by atoms with van der Waals surface area (Å²) in [4.78, 5) is 0. The van der Waals surface area contributed by atoms with Crippen LogP contribution >= 0.6 is 0 Å². The molecule has 5 heteroatoms. The maximum absolute atomic E-state index is 12.0. The molecule has 0 aromatic carbocycles. The fourth-order valence-electron chi connectivity index (χ4n) is 2.56. The molecular weight excluding hydrogens is 274 g/mol. The highest BCUT2D eigenvalue weighted by Crippen LogP contribution is 2.34. The van der Waals surface area contributed by atoms with Crippen LogP contribution in [0.15, 0.2) is 0 Å². The molecule has 0 aliphatic carbocycles. The predicted octanol–water partition coefficient (Wildman–Crippen LogP) is 2.39. The van der Waals surface area contributed by atoms with Gasteiger partial charge in [0.05, 0.1) is 5.75 Å². The van der Waals surface area contributed by atoms with E-state index in [-0.39, 0.29) is 11.0 Å². The summed E-state index contributed by atoms with van der Waals surface area (Å²) < 4.78 is 29.4. The lowest BCUT2D eigenvalue weighted by molar-refractivity contribution is 0.0104. The van der Waals surface area contributed by atoms with Crippen molar-refractivity contribution < 1.29 is 13.2 Å². The average molecular weight is 305 g/mol. The minimum Gasteiger partial charge on any atom is -0.381 e. The maximum Gasteiger partial charge on any atom is 0.150 e. The predicted molar refractivity (Wildman–Crippen MR) is 83.8 cm³/mol. The van der Waals surface area contributed by atoms with Gasteiger partial charge in [-0.25, -0.2) is 8.42 Å². The summed E-state index contributed by atoms with van der Waals surface area (Å²) in [6.45, 7) is 10.7. The third-order valence-corrected chi connectivity index (χ3v) is 5.86. The van der Waals surface area contributed by atoms with E-state index in [4.69, 9.17) is 4.74 Å². The van der Waals surface area contributed by atoms with Gasteiger partial charge in [-0.15, -0.1) is 0 Å². The Bertz CT molecular complexity index is 378. The normalized spacial score (nSPS) is 20.0. The van der Waals surface area contributed by atoms with Crippen LogP contribution in [0, 0.1) is 5.41 Å². The number of rotatable bonds is 7. The number of nitrogens with one attached hydrogen (secondary N) is 1. The van der Waals surface area contributed by atoms with Gasteiger partial charge in [0.15, 0.2) is 0 Å². The van der Waals surface area contributed by atoms with Crippen LogP contribution in [0.25, 0.3) is 0 Å². The second kappa shape index (κ2) is 7.23. The van der Waals surface area contributed by atoms with Crippen LogP contribution < -0.4 is 5.32 Å². The van der Waals surface area contributed by atoms with Gasteiger partial charge in [-0.3, -0.25) is 0 Å². The zero-order valence-corrected chi connectivity index (χ0v) is 14.3. The molecule has 0 atom stereocenters. The first-order valence-corrected chi connectivity index (χ1v) is 9.53. The lowest BCUT2D eigenvalue weighted by Gasteiger charge is -2.39. The molecule has 0 amide bonds. The second-order valence-electron chi connectivity index (χ2n) is 7.12. The lowest BCUT2D eigenvalue weighted by Crippen LogP contribution is -2.46. The van der Waals surface area contributed by atoms with Crippen LogP contribution in [0.5, 0.6) is 0 Å². The SMILES string of the molecule is CCCS(=O)(=O)CCC1(CNC(C)(C)C)CCOCC1. The molecule has 0 bridgehead atoms. The van der Waals surface area contributed by atoms with E-state index >= 15 is 0 Å². The van der Waals surface area contributed by atoms with Gasteiger partial charge in [0, 0.05) is 31.1 Å². The van der Waals surface area contributed by atoms with Crippen molar-refractivity contribution in [3.8, 4) is 0 Å². The molecule has 0 spiro atoms. The molecule has 0 saturated carbocycles. The van der Waals surface area contributed by atoms with E-state index in [1.165, 1.54) is 0 Å².